The van der Waals surface area contributed by atoms with Gasteiger partial charge in [0.05, 0.1) is 5.39 Å². The number of hydrogen-bond acceptors (Lipinski definition) is 1. The predicted octanol–water partition coefficient (Wildman–Crippen LogP) is 2.44. The van der Waals surface area contributed by atoms with E-state index in [4.69, 9.17) is 0 Å². The first-order chi connectivity index (χ1) is 6.18. The molecule has 0 saturated carbocycles. The molecule has 2 aromatic rings. The zero-order chi connectivity index (χ0) is 9.42. The van der Waals surface area contributed by atoms with Gasteiger partial charge in [-0.05, 0) is 24.6 Å². The first-order valence-electron chi connectivity index (χ1n) is 3.98. The molecular formula is C10H9BrNO+. The molecular weight excluding hydrogens is 230 g/mol. The van der Waals surface area contributed by atoms with Crippen LogP contribution in [0.15, 0.2) is 34.9 Å². The van der Waals surface area contributed by atoms with Crippen LogP contribution in [-0.4, -0.2) is 5.21 Å². The molecule has 0 bridgehead atoms. The molecule has 0 fully saturated rings. The van der Waals surface area contributed by atoms with E-state index in [2.05, 4.69) is 15.9 Å². The lowest BCUT2D eigenvalue weighted by Crippen LogP contribution is -2.30. The monoisotopic (exact) mass is 238 g/mol. The Morgan fingerprint density at radius 3 is 2.85 bits per heavy atom. The third kappa shape index (κ3) is 1.40. The van der Waals surface area contributed by atoms with Crippen LogP contribution in [0.4, 0.5) is 0 Å². The summed E-state index contributed by atoms with van der Waals surface area (Å²) >= 11 is 3.37. The van der Waals surface area contributed by atoms with Crippen LogP contribution in [-0.2, 0) is 0 Å². The molecule has 0 aliphatic heterocycles. The van der Waals surface area contributed by atoms with Crippen LogP contribution in [0.5, 0.6) is 0 Å². The lowest BCUT2D eigenvalue weighted by atomic mass is 10.1. The first-order valence-corrected chi connectivity index (χ1v) is 4.77. The molecule has 0 radical (unpaired) electrons. The van der Waals surface area contributed by atoms with Gasteiger partial charge in [0.2, 0.25) is 6.20 Å². The fourth-order valence-corrected chi connectivity index (χ4v) is 1.73. The fourth-order valence-electron chi connectivity index (χ4n) is 1.38. The Kier molecular flexibility index (Phi) is 1.96. The molecule has 1 aromatic heterocycles. The summed E-state index contributed by atoms with van der Waals surface area (Å²) in [7, 11) is 0. The van der Waals surface area contributed by atoms with Gasteiger partial charge in [-0.3, -0.25) is 5.21 Å². The van der Waals surface area contributed by atoms with Gasteiger partial charge >= 0.3 is 0 Å². The van der Waals surface area contributed by atoms with Crippen molar-refractivity contribution in [2.24, 2.45) is 0 Å². The molecule has 0 atom stereocenters. The molecule has 0 unspecified atom stereocenters. The number of nitrogens with zero attached hydrogens (tertiary/aromatic N) is 1. The Balaban J connectivity index is 2.92. The van der Waals surface area contributed by atoms with E-state index in [9.17, 15) is 5.21 Å². The van der Waals surface area contributed by atoms with E-state index in [-0.39, 0.29) is 0 Å². The minimum atomic E-state index is 0.814. The number of halogens is 1. The molecule has 1 aromatic carbocycles. The smallest absolute Gasteiger partial charge is 0.265 e. The second-order valence-corrected chi connectivity index (χ2v) is 3.92. The summed E-state index contributed by atoms with van der Waals surface area (Å²) in [6, 6.07) is 7.73. The van der Waals surface area contributed by atoms with Crippen LogP contribution >= 0.6 is 15.9 Å². The third-order valence-electron chi connectivity index (χ3n) is 2.10. The Labute approximate surface area is 84.5 Å². The van der Waals surface area contributed by atoms with Crippen LogP contribution < -0.4 is 4.73 Å². The largest absolute Gasteiger partial charge is 0.285 e. The van der Waals surface area contributed by atoms with Gasteiger partial charge in [0.15, 0.2) is 0 Å². The highest BCUT2D eigenvalue weighted by Crippen LogP contribution is 2.19. The van der Waals surface area contributed by atoms with Crippen LogP contribution in [0.3, 0.4) is 0 Å². The number of rotatable bonds is 0. The van der Waals surface area contributed by atoms with Crippen molar-refractivity contribution in [3.8, 4) is 0 Å². The summed E-state index contributed by atoms with van der Waals surface area (Å²) in [6.45, 7) is 2.02. The predicted molar refractivity (Wildman–Crippen MR) is 53.8 cm³/mol. The van der Waals surface area contributed by atoms with Gasteiger partial charge in [-0.1, -0.05) is 15.9 Å². The maximum atomic E-state index is 9.52. The molecule has 66 valence electrons. The zero-order valence-corrected chi connectivity index (χ0v) is 8.75. The van der Waals surface area contributed by atoms with Gasteiger partial charge in [0.1, 0.15) is 0 Å². The van der Waals surface area contributed by atoms with Crippen molar-refractivity contribution < 1.29 is 9.94 Å². The van der Waals surface area contributed by atoms with Gasteiger partial charge in [-0.2, -0.15) is 0 Å². The van der Waals surface area contributed by atoms with E-state index in [1.165, 1.54) is 0 Å². The summed E-state index contributed by atoms with van der Waals surface area (Å²) in [4.78, 5) is 0. The lowest BCUT2D eigenvalue weighted by molar-refractivity contribution is -0.884. The van der Waals surface area contributed by atoms with E-state index in [1.807, 2.05) is 31.2 Å². The number of aryl methyl sites for hydroxylation is 1. The van der Waals surface area contributed by atoms with Crippen LogP contribution in [0.25, 0.3) is 10.9 Å². The average molecular weight is 239 g/mol. The molecule has 2 rings (SSSR count). The highest BCUT2D eigenvalue weighted by atomic mass is 79.9. The summed E-state index contributed by atoms with van der Waals surface area (Å²) in [6.07, 6.45) is 1.64. The van der Waals surface area contributed by atoms with Crippen molar-refractivity contribution in [1.29, 1.82) is 0 Å². The van der Waals surface area contributed by atoms with E-state index < -0.39 is 0 Å². The van der Waals surface area contributed by atoms with Crippen LogP contribution in [0.2, 0.25) is 0 Å². The SMILES string of the molecule is Cc1cc[n+](O)c2cc(Br)ccc12. The minimum absolute atomic E-state index is 0.814. The maximum Gasteiger partial charge on any atom is 0.265 e. The quantitative estimate of drug-likeness (QED) is 0.554. The van der Waals surface area contributed by atoms with Crippen molar-refractivity contribution in [2.45, 2.75) is 6.92 Å². The lowest BCUT2D eigenvalue weighted by Gasteiger charge is -1.97. The molecule has 3 heteroatoms. The van der Waals surface area contributed by atoms with E-state index in [0.717, 1.165) is 25.7 Å². The molecule has 2 nitrogen and oxygen atoms in total. The fraction of sp³-hybridized carbons (Fsp3) is 0.100. The Morgan fingerprint density at radius 1 is 1.31 bits per heavy atom. The van der Waals surface area contributed by atoms with Gasteiger partial charge in [-0.15, -0.1) is 0 Å². The van der Waals surface area contributed by atoms with Gasteiger partial charge < -0.3 is 0 Å². The number of fused-ring (bicyclic) bond motifs is 1. The minimum Gasteiger partial charge on any atom is -0.285 e. The summed E-state index contributed by atoms with van der Waals surface area (Å²) in [5.41, 5.74) is 1.97. The number of aromatic nitrogens is 1. The number of hydrogen-bond donors (Lipinski definition) is 1. The third-order valence-corrected chi connectivity index (χ3v) is 2.59. The van der Waals surface area contributed by atoms with Crippen LogP contribution in [0.1, 0.15) is 5.56 Å². The maximum absolute atomic E-state index is 9.52. The van der Waals surface area contributed by atoms with E-state index in [0.29, 0.717) is 0 Å². The molecule has 0 saturated heterocycles. The average Bonchev–Trinajstić information content (AvgIpc) is 2.12. The second kappa shape index (κ2) is 3.00. The molecule has 0 aliphatic rings. The topological polar surface area (TPSA) is 24.1 Å². The van der Waals surface area contributed by atoms with Crippen LogP contribution in [0, 0.1) is 6.92 Å². The molecule has 13 heavy (non-hydrogen) atoms. The first kappa shape index (κ1) is 8.51. The molecule has 1 N–H and O–H groups in total. The molecule has 0 amide bonds. The Hall–Kier alpha value is -1.09. The summed E-state index contributed by atoms with van der Waals surface area (Å²) in [5.74, 6) is 0. The van der Waals surface area contributed by atoms with E-state index >= 15 is 0 Å². The number of benzene rings is 1. The summed E-state index contributed by atoms with van der Waals surface area (Å²) in [5, 5.41) is 10.6. The Morgan fingerprint density at radius 2 is 2.08 bits per heavy atom. The zero-order valence-electron chi connectivity index (χ0n) is 7.16. The van der Waals surface area contributed by atoms with E-state index in [1.54, 1.807) is 6.20 Å². The van der Waals surface area contributed by atoms with Gasteiger partial charge in [-0.25, -0.2) is 0 Å². The van der Waals surface area contributed by atoms with Crippen molar-refractivity contribution in [3.05, 3.63) is 40.5 Å². The van der Waals surface area contributed by atoms with Crippen molar-refractivity contribution in [1.82, 2.24) is 0 Å². The molecule has 0 aliphatic carbocycles. The van der Waals surface area contributed by atoms with Gasteiger partial charge in [0, 0.05) is 21.3 Å². The summed E-state index contributed by atoms with van der Waals surface area (Å²) < 4.78 is 2.10. The highest BCUT2D eigenvalue weighted by molar-refractivity contribution is 9.10. The van der Waals surface area contributed by atoms with Crippen molar-refractivity contribution in [3.63, 3.8) is 0 Å². The van der Waals surface area contributed by atoms with Gasteiger partial charge in [0.25, 0.3) is 5.52 Å². The Bertz CT molecular complexity index is 468. The second-order valence-electron chi connectivity index (χ2n) is 3.00. The standard InChI is InChI=1S/C10H9BrNO/c1-7-4-5-12(13)10-6-8(11)2-3-9(7)10/h2-6,13H,1H3/q+1. The normalized spacial score (nSPS) is 10.6. The van der Waals surface area contributed by atoms with Crippen molar-refractivity contribution in [2.75, 3.05) is 0 Å². The molecule has 0 spiro atoms. The molecule has 1 heterocycles. The highest BCUT2D eigenvalue weighted by Gasteiger charge is 2.09. The van der Waals surface area contributed by atoms with Crippen molar-refractivity contribution >= 4 is 26.8 Å². The number of pyridine rings is 1.